The molecule has 1 saturated heterocycles. The highest BCUT2D eigenvalue weighted by molar-refractivity contribution is 5.94. The second-order valence-electron chi connectivity index (χ2n) is 6.16. The first-order valence-corrected chi connectivity index (χ1v) is 8.61. The molecule has 1 aliphatic rings. The van der Waals surface area contributed by atoms with E-state index >= 15 is 0 Å². The Bertz CT molecular complexity index is 771. The Labute approximate surface area is 152 Å². The van der Waals surface area contributed by atoms with Crippen LogP contribution in [0.1, 0.15) is 30.1 Å². The lowest BCUT2D eigenvalue weighted by Crippen LogP contribution is -2.31. The number of pyridine rings is 1. The largest absolute Gasteiger partial charge is 0.376 e. The van der Waals surface area contributed by atoms with Crippen molar-refractivity contribution < 1.29 is 14.3 Å². The molecule has 0 aliphatic carbocycles. The lowest BCUT2D eigenvalue weighted by molar-refractivity contribution is -0.114. The number of carbonyl (C=O) groups is 2. The molecule has 26 heavy (non-hydrogen) atoms. The molecule has 3 rings (SSSR count). The Hall–Kier alpha value is -2.93. The van der Waals surface area contributed by atoms with E-state index in [0.29, 0.717) is 23.6 Å². The topological polar surface area (TPSA) is 92.4 Å². The van der Waals surface area contributed by atoms with Crippen LogP contribution in [0.2, 0.25) is 0 Å². The maximum Gasteiger partial charge on any atom is 0.252 e. The zero-order valence-corrected chi connectivity index (χ0v) is 14.6. The number of carbonyl (C=O) groups excluding carboxylic acids is 2. The van der Waals surface area contributed by atoms with Crippen LogP contribution in [-0.4, -0.2) is 36.1 Å². The van der Waals surface area contributed by atoms with E-state index in [4.69, 9.17) is 4.74 Å². The summed E-state index contributed by atoms with van der Waals surface area (Å²) in [5.41, 5.74) is 1.99. The van der Waals surface area contributed by atoms with Crippen LogP contribution < -0.4 is 16.0 Å². The first-order valence-electron chi connectivity index (χ1n) is 8.61. The van der Waals surface area contributed by atoms with Gasteiger partial charge >= 0.3 is 0 Å². The number of nitrogens with zero attached hydrogens (tertiary/aromatic N) is 1. The SMILES string of the molecule is CC(=O)Nc1cccc(Nc2ccc(C(=O)NCC3CCCO3)cn2)c1. The summed E-state index contributed by atoms with van der Waals surface area (Å²) in [7, 11) is 0. The van der Waals surface area contributed by atoms with Gasteiger partial charge in [-0.25, -0.2) is 4.98 Å². The fraction of sp³-hybridized carbons (Fsp3) is 0.316. The summed E-state index contributed by atoms with van der Waals surface area (Å²) in [6.07, 6.45) is 3.68. The monoisotopic (exact) mass is 354 g/mol. The van der Waals surface area contributed by atoms with Crippen molar-refractivity contribution in [2.45, 2.75) is 25.9 Å². The standard InChI is InChI=1S/C19H22N4O3/c1-13(24)22-15-4-2-5-16(10-15)23-18-8-7-14(11-20-18)19(25)21-12-17-6-3-9-26-17/h2,4-5,7-8,10-11,17H,3,6,9,12H2,1H3,(H,20,23)(H,21,25)(H,22,24). The van der Waals surface area contributed by atoms with E-state index in [0.717, 1.165) is 25.1 Å². The van der Waals surface area contributed by atoms with E-state index in [1.807, 2.05) is 24.3 Å². The summed E-state index contributed by atoms with van der Waals surface area (Å²) in [4.78, 5) is 27.6. The minimum absolute atomic E-state index is 0.115. The Morgan fingerprint density at radius 2 is 2.08 bits per heavy atom. The molecule has 136 valence electrons. The van der Waals surface area contributed by atoms with Crippen molar-refractivity contribution in [2.24, 2.45) is 0 Å². The third-order valence-corrected chi connectivity index (χ3v) is 4.00. The van der Waals surface area contributed by atoms with Gasteiger partial charge in [0.25, 0.3) is 5.91 Å². The molecule has 2 heterocycles. The van der Waals surface area contributed by atoms with Gasteiger partial charge in [-0.05, 0) is 43.2 Å². The van der Waals surface area contributed by atoms with Crippen LogP contribution in [-0.2, 0) is 9.53 Å². The number of anilines is 3. The molecular formula is C19H22N4O3. The van der Waals surface area contributed by atoms with Crippen LogP contribution in [0, 0.1) is 0 Å². The molecule has 1 unspecified atom stereocenters. The van der Waals surface area contributed by atoms with Gasteiger partial charge in [0, 0.05) is 37.6 Å². The quantitative estimate of drug-likeness (QED) is 0.742. The number of amides is 2. The molecule has 1 aliphatic heterocycles. The number of benzene rings is 1. The maximum absolute atomic E-state index is 12.2. The van der Waals surface area contributed by atoms with E-state index in [1.54, 1.807) is 12.1 Å². The highest BCUT2D eigenvalue weighted by Gasteiger charge is 2.16. The zero-order chi connectivity index (χ0) is 18.4. The maximum atomic E-state index is 12.2. The van der Waals surface area contributed by atoms with Crippen LogP contribution >= 0.6 is 0 Å². The van der Waals surface area contributed by atoms with E-state index < -0.39 is 0 Å². The molecule has 1 atom stereocenters. The Balaban J connectivity index is 1.57. The van der Waals surface area contributed by atoms with Crippen molar-refractivity contribution in [3.05, 3.63) is 48.2 Å². The van der Waals surface area contributed by atoms with Crippen LogP contribution in [0.15, 0.2) is 42.6 Å². The highest BCUT2D eigenvalue weighted by atomic mass is 16.5. The van der Waals surface area contributed by atoms with E-state index in [9.17, 15) is 9.59 Å². The van der Waals surface area contributed by atoms with Gasteiger partial charge < -0.3 is 20.7 Å². The zero-order valence-electron chi connectivity index (χ0n) is 14.6. The van der Waals surface area contributed by atoms with Crippen molar-refractivity contribution in [1.29, 1.82) is 0 Å². The molecule has 1 aromatic carbocycles. The molecule has 0 radical (unpaired) electrons. The average molecular weight is 354 g/mol. The number of ether oxygens (including phenoxy) is 1. The molecule has 1 aromatic heterocycles. The summed E-state index contributed by atoms with van der Waals surface area (Å²) >= 11 is 0. The van der Waals surface area contributed by atoms with Gasteiger partial charge in [-0.3, -0.25) is 9.59 Å². The van der Waals surface area contributed by atoms with E-state index in [-0.39, 0.29) is 17.9 Å². The first kappa shape index (κ1) is 17.9. The third kappa shape index (κ3) is 5.03. The van der Waals surface area contributed by atoms with Crippen LogP contribution in [0.4, 0.5) is 17.2 Å². The van der Waals surface area contributed by atoms with Gasteiger partial charge in [0.1, 0.15) is 5.82 Å². The summed E-state index contributed by atoms with van der Waals surface area (Å²) in [5, 5.41) is 8.75. The molecule has 7 heteroatoms. The normalized spacial score (nSPS) is 16.1. The van der Waals surface area contributed by atoms with Crippen molar-refractivity contribution in [1.82, 2.24) is 10.3 Å². The molecule has 0 spiro atoms. The fourth-order valence-electron chi connectivity index (χ4n) is 2.74. The van der Waals surface area contributed by atoms with Gasteiger partial charge in [-0.2, -0.15) is 0 Å². The number of aromatic nitrogens is 1. The minimum atomic E-state index is -0.160. The summed E-state index contributed by atoms with van der Waals surface area (Å²) in [6, 6.07) is 10.8. The van der Waals surface area contributed by atoms with E-state index in [1.165, 1.54) is 13.1 Å². The molecular weight excluding hydrogens is 332 g/mol. The second-order valence-corrected chi connectivity index (χ2v) is 6.16. The van der Waals surface area contributed by atoms with Gasteiger partial charge in [0.2, 0.25) is 5.91 Å². The fourth-order valence-corrected chi connectivity index (χ4v) is 2.74. The first-order chi connectivity index (χ1) is 12.6. The highest BCUT2D eigenvalue weighted by Crippen LogP contribution is 2.19. The Kier molecular flexibility index (Phi) is 5.80. The van der Waals surface area contributed by atoms with Crippen molar-refractivity contribution in [3.8, 4) is 0 Å². The van der Waals surface area contributed by atoms with Gasteiger partial charge in [0.05, 0.1) is 11.7 Å². The molecule has 0 saturated carbocycles. The van der Waals surface area contributed by atoms with Crippen LogP contribution in [0.5, 0.6) is 0 Å². The average Bonchev–Trinajstić information content (AvgIpc) is 3.14. The molecule has 2 aromatic rings. The second kappa shape index (κ2) is 8.44. The lowest BCUT2D eigenvalue weighted by atomic mass is 10.2. The van der Waals surface area contributed by atoms with Gasteiger partial charge in [-0.15, -0.1) is 0 Å². The van der Waals surface area contributed by atoms with Crippen LogP contribution in [0.25, 0.3) is 0 Å². The number of rotatable bonds is 6. The molecule has 3 N–H and O–H groups in total. The van der Waals surface area contributed by atoms with Crippen LogP contribution in [0.3, 0.4) is 0 Å². The predicted octanol–water partition coefficient (Wildman–Crippen LogP) is 2.69. The Morgan fingerprint density at radius 1 is 1.23 bits per heavy atom. The molecule has 2 amide bonds. The summed E-state index contributed by atoms with van der Waals surface area (Å²) < 4.78 is 5.49. The molecule has 0 bridgehead atoms. The van der Waals surface area contributed by atoms with Crippen molar-refractivity contribution in [2.75, 3.05) is 23.8 Å². The lowest BCUT2D eigenvalue weighted by Gasteiger charge is -2.11. The third-order valence-electron chi connectivity index (χ3n) is 4.00. The smallest absolute Gasteiger partial charge is 0.252 e. The minimum Gasteiger partial charge on any atom is -0.376 e. The predicted molar refractivity (Wildman–Crippen MR) is 99.6 cm³/mol. The molecule has 1 fully saturated rings. The van der Waals surface area contributed by atoms with E-state index in [2.05, 4.69) is 20.9 Å². The number of hydrogen-bond donors (Lipinski definition) is 3. The van der Waals surface area contributed by atoms with Crippen molar-refractivity contribution >= 4 is 29.0 Å². The Morgan fingerprint density at radius 3 is 2.77 bits per heavy atom. The number of nitrogens with one attached hydrogen (secondary N) is 3. The molecule has 7 nitrogen and oxygen atoms in total. The number of hydrogen-bond acceptors (Lipinski definition) is 5. The van der Waals surface area contributed by atoms with Gasteiger partial charge in [-0.1, -0.05) is 6.07 Å². The summed E-state index contributed by atoms with van der Waals surface area (Å²) in [5.74, 6) is 0.325. The van der Waals surface area contributed by atoms with Crippen molar-refractivity contribution in [3.63, 3.8) is 0 Å². The summed E-state index contributed by atoms with van der Waals surface area (Å²) in [6.45, 7) is 2.75. The van der Waals surface area contributed by atoms with Gasteiger partial charge in [0.15, 0.2) is 0 Å².